The van der Waals surface area contributed by atoms with Gasteiger partial charge in [0.15, 0.2) is 0 Å². The molecule has 2 aromatic rings. The molecule has 0 heterocycles. The van der Waals surface area contributed by atoms with Gasteiger partial charge in [-0.05, 0) is 48.6 Å². The average Bonchev–Trinajstić information content (AvgIpc) is 2.66. The summed E-state index contributed by atoms with van der Waals surface area (Å²) >= 11 is 0. The van der Waals surface area contributed by atoms with Crippen molar-refractivity contribution in [3.63, 3.8) is 0 Å². The van der Waals surface area contributed by atoms with Gasteiger partial charge in [0, 0.05) is 7.11 Å². The minimum absolute atomic E-state index is 0.0466. The number of methoxy groups -OCH3 is 1. The Labute approximate surface area is 156 Å². The molecule has 0 spiro atoms. The Hall–Kier alpha value is -2.17. The normalized spacial score (nSPS) is 12.7. The van der Waals surface area contributed by atoms with Crippen LogP contribution in [0.5, 0.6) is 0 Å². The number of aliphatic hydroxyl groups excluding tert-OH is 1. The molecule has 2 aromatic carbocycles. The Morgan fingerprint density at radius 1 is 1.15 bits per heavy atom. The molecule has 0 unspecified atom stereocenters. The van der Waals surface area contributed by atoms with Gasteiger partial charge in [-0.3, -0.25) is 4.79 Å². The molecule has 2 N–H and O–H groups in total. The second-order valence-corrected chi connectivity index (χ2v) is 7.10. The number of benzene rings is 2. The molecule has 0 fully saturated rings. The summed E-state index contributed by atoms with van der Waals surface area (Å²) in [7, 11) is 1.69. The maximum atomic E-state index is 12.6. The van der Waals surface area contributed by atoms with Crippen molar-refractivity contribution in [3.05, 3.63) is 59.7 Å². The predicted molar refractivity (Wildman–Crippen MR) is 105 cm³/mol. The van der Waals surface area contributed by atoms with E-state index in [2.05, 4.69) is 17.4 Å². The average molecular weight is 355 g/mol. The van der Waals surface area contributed by atoms with Gasteiger partial charge in [0.25, 0.3) is 0 Å². The van der Waals surface area contributed by atoms with Crippen LogP contribution in [0.4, 0.5) is 0 Å². The first-order valence-corrected chi connectivity index (χ1v) is 9.03. The van der Waals surface area contributed by atoms with Crippen molar-refractivity contribution < 1.29 is 14.6 Å². The zero-order chi connectivity index (χ0) is 19.2. The van der Waals surface area contributed by atoms with Crippen LogP contribution in [0.3, 0.4) is 0 Å². The van der Waals surface area contributed by atoms with Crippen LogP contribution in [-0.2, 0) is 21.6 Å². The quantitative estimate of drug-likeness (QED) is 0.760. The standard InChI is InChI=1S/C22H29NO3/c1-5-20(14-24)23-21(25)22(2,3)19-11-9-17(10-12-19)18-8-6-7-16(13-18)15-26-4/h6-13,20,24H,5,14-15H2,1-4H3,(H,23,25)/t20-/m0/s1. The molecule has 0 bridgehead atoms. The van der Waals surface area contributed by atoms with E-state index >= 15 is 0 Å². The lowest BCUT2D eigenvalue weighted by Gasteiger charge is -2.27. The van der Waals surface area contributed by atoms with Crippen molar-refractivity contribution in [1.82, 2.24) is 5.32 Å². The molecule has 0 aliphatic heterocycles. The highest BCUT2D eigenvalue weighted by atomic mass is 16.5. The van der Waals surface area contributed by atoms with Crippen LogP contribution in [0.25, 0.3) is 11.1 Å². The summed E-state index contributed by atoms with van der Waals surface area (Å²) in [4.78, 5) is 12.6. The molecule has 0 aliphatic carbocycles. The molecule has 140 valence electrons. The van der Waals surface area contributed by atoms with Gasteiger partial charge in [-0.2, -0.15) is 0 Å². The number of hydrogen-bond acceptors (Lipinski definition) is 3. The highest BCUT2D eigenvalue weighted by molar-refractivity contribution is 5.87. The Morgan fingerprint density at radius 3 is 2.42 bits per heavy atom. The predicted octanol–water partition coefficient (Wildman–Crippen LogP) is 3.66. The third kappa shape index (κ3) is 4.71. The van der Waals surface area contributed by atoms with E-state index in [0.717, 1.165) is 22.3 Å². The lowest BCUT2D eigenvalue weighted by Crippen LogP contribution is -2.46. The van der Waals surface area contributed by atoms with Crippen LogP contribution in [0, 0.1) is 0 Å². The molecule has 0 aromatic heterocycles. The van der Waals surface area contributed by atoms with Gasteiger partial charge in [0.2, 0.25) is 5.91 Å². The van der Waals surface area contributed by atoms with E-state index in [1.807, 2.05) is 57.2 Å². The fourth-order valence-corrected chi connectivity index (χ4v) is 2.86. The van der Waals surface area contributed by atoms with Crippen molar-refractivity contribution in [2.45, 2.75) is 45.3 Å². The van der Waals surface area contributed by atoms with E-state index in [1.165, 1.54) is 0 Å². The van der Waals surface area contributed by atoms with E-state index in [4.69, 9.17) is 4.74 Å². The molecule has 4 nitrogen and oxygen atoms in total. The number of aliphatic hydroxyl groups is 1. The third-order valence-corrected chi connectivity index (χ3v) is 4.79. The topological polar surface area (TPSA) is 58.6 Å². The van der Waals surface area contributed by atoms with E-state index in [-0.39, 0.29) is 18.6 Å². The molecular formula is C22H29NO3. The Kier molecular flexibility index (Phi) is 6.95. The first kappa shape index (κ1) is 20.1. The molecule has 1 atom stereocenters. The number of carbonyl (C=O) groups excluding carboxylic acids is 1. The highest BCUT2D eigenvalue weighted by Gasteiger charge is 2.30. The van der Waals surface area contributed by atoms with E-state index in [0.29, 0.717) is 13.0 Å². The summed E-state index contributed by atoms with van der Waals surface area (Å²) in [6, 6.07) is 16.1. The van der Waals surface area contributed by atoms with Gasteiger partial charge in [-0.25, -0.2) is 0 Å². The second kappa shape index (κ2) is 8.97. The first-order valence-electron chi connectivity index (χ1n) is 9.03. The van der Waals surface area contributed by atoms with Gasteiger partial charge < -0.3 is 15.2 Å². The molecular weight excluding hydrogens is 326 g/mol. The maximum Gasteiger partial charge on any atom is 0.230 e. The number of carbonyl (C=O) groups is 1. The largest absolute Gasteiger partial charge is 0.394 e. The fourth-order valence-electron chi connectivity index (χ4n) is 2.86. The minimum Gasteiger partial charge on any atom is -0.394 e. The van der Waals surface area contributed by atoms with Crippen LogP contribution in [-0.4, -0.2) is 30.8 Å². The first-order chi connectivity index (χ1) is 12.4. The van der Waals surface area contributed by atoms with Crippen LogP contribution in [0.15, 0.2) is 48.5 Å². The summed E-state index contributed by atoms with van der Waals surface area (Å²) in [5, 5.41) is 12.2. The lowest BCUT2D eigenvalue weighted by atomic mass is 9.82. The molecule has 2 rings (SSSR count). The number of nitrogens with one attached hydrogen (secondary N) is 1. The van der Waals surface area contributed by atoms with Crippen molar-refractivity contribution in [3.8, 4) is 11.1 Å². The van der Waals surface area contributed by atoms with Crippen molar-refractivity contribution >= 4 is 5.91 Å². The van der Waals surface area contributed by atoms with Crippen LogP contribution in [0.2, 0.25) is 0 Å². The van der Waals surface area contributed by atoms with Gasteiger partial charge in [0.05, 0.1) is 24.7 Å². The summed E-state index contributed by atoms with van der Waals surface area (Å²) in [6.07, 6.45) is 0.703. The van der Waals surface area contributed by atoms with E-state index in [1.54, 1.807) is 7.11 Å². The van der Waals surface area contributed by atoms with Crippen molar-refractivity contribution in [2.24, 2.45) is 0 Å². The maximum absolute atomic E-state index is 12.6. The summed E-state index contributed by atoms with van der Waals surface area (Å²) in [5.41, 5.74) is 3.63. The Balaban J connectivity index is 2.20. The van der Waals surface area contributed by atoms with Crippen LogP contribution < -0.4 is 5.32 Å². The van der Waals surface area contributed by atoms with E-state index in [9.17, 15) is 9.90 Å². The summed E-state index contributed by atoms with van der Waals surface area (Å²) in [6.45, 7) is 6.29. The number of rotatable bonds is 8. The third-order valence-electron chi connectivity index (χ3n) is 4.79. The number of hydrogen-bond donors (Lipinski definition) is 2. The van der Waals surface area contributed by atoms with E-state index < -0.39 is 5.41 Å². The smallest absolute Gasteiger partial charge is 0.230 e. The van der Waals surface area contributed by atoms with Gasteiger partial charge >= 0.3 is 0 Å². The minimum atomic E-state index is -0.668. The van der Waals surface area contributed by atoms with Crippen LogP contribution >= 0.6 is 0 Å². The monoisotopic (exact) mass is 355 g/mol. The Bertz CT molecular complexity index is 718. The number of ether oxygens (including phenoxy) is 1. The molecule has 0 saturated carbocycles. The number of amides is 1. The van der Waals surface area contributed by atoms with Gasteiger partial charge in [-0.1, -0.05) is 49.4 Å². The van der Waals surface area contributed by atoms with Crippen molar-refractivity contribution in [1.29, 1.82) is 0 Å². The zero-order valence-corrected chi connectivity index (χ0v) is 16.1. The van der Waals surface area contributed by atoms with Crippen LogP contribution in [0.1, 0.15) is 38.3 Å². The van der Waals surface area contributed by atoms with Gasteiger partial charge in [0.1, 0.15) is 0 Å². The highest BCUT2D eigenvalue weighted by Crippen LogP contribution is 2.27. The molecule has 4 heteroatoms. The van der Waals surface area contributed by atoms with Gasteiger partial charge in [-0.15, -0.1) is 0 Å². The Morgan fingerprint density at radius 2 is 1.85 bits per heavy atom. The fraction of sp³-hybridized carbons (Fsp3) is 0.409. The van der Waals surface area contributed by atoms with Crippen molar-refractivity contribution in [2.75, 3.05) is 13.7 Å². The molecule has 26 heavy (non-hydrogen) atoms. The second-order valence-electron chi connectivity index (χ2n) is 7.10. The zero-order valence-electron chi connectivity index (χ0n) is 16.1. The molecule has 0 aliphatic rings. The molecule has 1 amide bonds. The molecule has 0 radical (unpaired) electrons. The molecule has 0 saturated heterocycles. The lowest BCUT2D eigenvalue weighted by molar-refractivity contribution is -0.126. The SMILES string of the molecule is CC[C@@H](CO)NC(=O)C(C)(C)c1ccc(-c2cccc(COC)c2)cc1. The summed E-state index contributed by atoms with van der Waals surface area (Å²) < 4.78 is 5.20. The summed E-state index contributed by atoms with van der Waals surface area (Å²) in [5.74, 6) is -0.0757.